The van der Waals surface area contributed by atoms with Crippen molar-refractivity contribution in [3.63, 3.8) is 0 Å². The standard InChI is InChI=1S/C25H33N3O3S/c1-7-10-13-28-24(30)22(23(29)26(6)25(28)32)21-15-19(16(4)5)18-12-11-17(14-20(18)31-21)27(8-2)9-3/h11-12,14-16H,7-10,13H2,1-6H3. The Morgan fingerprint density at radius 1 is 1.09 bits per heavy atom. The number of thiocarbonyl (C=S) groups is 1. The molecule has 0 spiro atoms. The van der Waals surface area contributed by atoms with Gasteiger partial charge in [0, 0.05) is 44.0 Å². The van der Waals surface area contributed by atoms with Gasteiger partial charge in [-0.25, -0.2) is 0 Å². The minimum absolute atomic E-state index is 0.0363. The highest BCUT2D eigenvalue weighted by atomic mass is 32.1. The summed E-state index contributed by atoms with van der Waals surface area (Å²) in [5.74, 6) is 0.342. The predicted octanol–water partition coefficient (Wildman–Crippen LogP) is 4.60. The molecule has 0 aliphatic carbocycles. The molecule has 0 radical (unpaired) electrons. The SMILES string of the molecule is CCCCN1C(=O)C(=C2C=C(C(C)C)c3ccc(N(CC)CC)cc3O2)C(=O)N(C)C1=S. The molecule has 0 unspecified atom stereocenters. The Balaban J connectivity index is 2.14. The molecule has 2 aliphatic rings. The molecule has 2 amide bonds. The summed E-state index contributed by atoms with van der Waals surface area (Å²) in [6.07, 6.45) is 3.57. The molecular formula is C25H33N3O3S. The maximum atomic E-state index is 13.4. The molecule has 2 aliphatic heterocycles. The third kappa shape index (κ3) is 4.31. The van der Waals surface area contributed by atoms with Crippen LogP contribution in [0.2, 0.25) is 0 Å². The number of carbonyl (C=O) groups excluding carboxylic acids is 2. The molecule has 1 aromatic rings. The Morgan fingerprint density at radius 3 is 2.38 bits per heavy atom. The fourth-order valence-corrected chi connectivity index (χ4v) is 4.32. The molecule has 1 saturated heterocycles. The van der Waals surface area contributed by atoms with Crippen LogP contribution in [0.5, 0.6) is 5.75 Å². The van der Waals surface area contributed by atoms with Gasteiger partial charge in [0.1, 0.15) is 17.1 Å². The summed E-state index contributed by atoms with van der Waals surface area (Å²) in [5.41, 5.74) is 3.11. The zero-order valence-corrected chi connectivity index (χ0v) is 20.7. The molecule has 6 nitrogen and oxygen atoms in total. The molecule has 172 valence electrons. The van der Waals surface area contributed by atoms with Gasteiger partial charge in [0.05, 0.1) is 0 Å². The number of unbranched alkanes of at least 4 members (excludes halogenated alkanes) is 1. The van der Waals surface area contributed by atoms with E-state index in [1.54, 1.807) is 7.05 Å². The van der Waals surface area contributed by atoms with Gasteiger partial charge < -0.3 is 9.64 Å². The first-order chi connectivity index (χ1) is 15.2. The number of allylic oxidation sites excluding steroid dienone is 2. The Labute approximate surface area is 196 Å². The van der Waals surface area contributed by atoms with Crippen LogP contribution < -0.4 is 9.64 Å². The van der Waals surface area contributed by atoms with Gasteiger partial charge in [-0.05, 0) is 62.2 Å². The summed E-state index contributed by atoms with van der Waals surface area (Å²) < 4.78 is 6.25. The van der Waals surface area contributed by atoms with Crippen LogP contribution in [0, 0.1) is 5.92 Å². The molecule has 32 heavy (non-hydrogen) atoms. The third-order valence-electron chi connectivity index (χ3n) is 6.01. The fourth-order valence-electron chi connectivity index (χ4n) is 4.06. The lowest BCUT2D eigenvalue weighted by Crippen LogP contribution is -2.55. The number of benzene rings is 1. The van der Waals surface area contributed by atoms with Crippen molar-refractivity contribution in [3.05, 3.63) is 41.2 Å². The summed E-state index contributed by atoms with van der Waals surface area (Å²) in [5, 5.41) is 0.242. The van der Waals surface area contributed by atoms with Crippen LogP contribution in [0.1, 0.15) is 53.0 Å². The van der Waals surface area contributed by atoms with Gasteiger partial charge in [0.2, 0.25) is 0 Å². The normalized spacial score (nSPS) is 18.7. The van der Waals surface area contributed by atoms with Crippen LogP contribution in [-0.4, -0.2) is 53.4 Å². The second-order valence-corrected chi connectivity index (χ2v) is 8.77. The molecule has 2 heterocycles. The first-order valence-electron chi connectivity index (χ1n) is 11.4. The number of rotatable bonds is 7. The van der Waals surface area contributed by atoms with E-state index in [2.05, 4.69) is 51.7 Å². The molecule has 0 atom stereocenters. The highest BCUT2D eigenvalue weighted by Gasteiger charge is 2.40. The lowest BCUT2D eigenvalue weighted by molar-refractivity contribution is -0.133. The number of likely N-dealkylation sites (N-methyl/N-ethyl adjacent to an activating group) is 1. The van der Waals surface area contributed by atoms with Crippen molar-refractivity contribution in [1.29, 1.82) is 0 Å². The van der Waals surface area contributed by atoms with E-state index in [0.717, 1.165) is 42.8 Å². The molecule has 1 fully saturated rings. The smallest absolute Gasteiger partial charge is 0.269 e. The van der Waals surface area contributed by atoms with Gasteiger partial charge >= 0.3 is 0 Å². The summed E-state index contributed by atoms with van der Waals surface area (Å²) >= 11 is 5.40. The molecule has 0 N–H and O–H groups in total. The second kappa shape index (κ2) is 9.86. The van der Waals surface area contributed by atoms with Crippen molar-refractivity contribution < 1.29 is 14.3 Å². The highest BCUT2D eigenvalue weighted by Crippen LogP contribution is 2.40. The maximum Gasteiger partial charge on any atom is 0.269 e. The molecule has 3 rings (SSSR count). The topological polar surface area (TPSA) is 53.1 Å². The van der Waals surface area contributed by atoms with Crippen LogP contribution in [0.3, 0.4) is 0 Å². The number of ether oxygens (including phenoxy) is 1. The molecule has 0 bridgehead atoms. The Bertz CT molecular complexity index is 992. The van der Waals surface area contributed by atoms with Gasteiger partial charge in [-0.15, -0.1) is 0 Å². The molecule has 0 saturated carbocycles. The van der Waals surface area contributed by atoms with Crippen molar-refractivity contribution in [3.8, 4) is 5.75 Å². The number of carbonyl (C=O) groups is 2. The quantitative estimate of drug-likeness (QED) is 0.342. The van der Waals surface area contributed by atoms with Crippen LogP contribution in [0.15, 0.2) is 35.6 Å². The third-order valence-corrected chi connectivity index (χ3v) is 6.50. The van der Waals surface area contributed by atoms with E-state index in [1.807, 2.05) is 12.1 Å². The fraction of sp³-hybridized carbons (Fsp3) is 0.480. The van der Waals surface area contributed by atoms with E-state index < -0.39 is 5.91 Å². The van der Waals surface area contributed by atoms with Crippen molar-refractivity contribution in [2.24, 2.45) is 5.92 Å². The first kappa shape index (κ1) is 24.0. The van der Waals surface area contributed by atoms with E-state index >= 15 is 0 Å². The summed E-state index contributed by atoms with van der Waals surface area (Å²) in [6.45, 7) is 12.7. The maximum absolute atomic E-state index is 13.4. The van der Waals surface area contributed by atoms with Gasteiger partial charge in [0.15, 0.2) is 5.11 Å². The van der Waals surface area contributed by atoms with Crippen LogP contribution in [0.25, 0.3) is 5.57 Å². The number of hydrogen-bond donors (Lipinski definition) is 0. The number of fused-ring (bicyclic) bond motifs is 1. The van der Waals surface area contributed by atoms with Crippen molar-refractivity contribution >= 4 is 40.4 Å². The zero-order valence-electron chi connectivity index (χ0n) is 19.9. The van der Waals surface area contributed by atoms with E-state index in [4.69, 9.17) is 17.0 Å². The van der Waals surface area contributed by atoms with E-state index in [-0.39, 0.29) is 22.5 Å². The lowest BCUT2D eigenvalue weighted by Gasteiger charge is -2.35. The first-order valence-corrected chi connectivity index (χ1v) is 11.8. The molecule has 0 aromatic heterocycles. The van der Waals surface area contributed by atoms with E-state index in [9.17, 15) is 9.59 Å². The van der Waals surface area contributed by atoms with E-state index in [0.29, 0.717) is 18.1 Å². The summed E-state index contributed by atoms with van der Waals surface area (Å²) in [7, 11) is 1.61. The molecule has 1 aromatic carbocycles. The average molecular weight is 456 g/mol. The number of nitrogens with zero attached hydrogens (tertiary/aromatic N) is 3. The van der Waals surface area contributed by atoms with Crippen LogP contribution in [-0.2, 0) is 9.59 Å². The Morgan fingerprint density at radius 2 is 1.78 bits per heavy atom. The van der Waals surface area contributed by atoms with Crippen molar-refractivity contribution in [2.75, 3.05) is 31.6 Å². The molecule has 7 heteroatoms. The number of amides is 2. The van der Waals surface area contributed by atoms with Crippen molar-refractivity contribution in [1.82, 2.24) is 9.80 Å². The average Bonchev–Trinajstić information content (AvgIpc) is 2.77. The van der Waals surface area contributed by atoms with Crippen molar-refractivity contribution in [2.45, 2.75) is 47.5 Å². The Hall–Kier alpha value is -2.67. The van der Waals surface area contributed by atoms with Gasteiger partial charge in [-0.2, -0.15) is 0 Å². The number of anilines is 1. The zero-order chi connectivity index (χ0) is 23.6. The van der Waals surface area contributed by atoms with Crippen LogP contribution in [0.4, 0.5) is 5.69 Å². The summed E-state index contributed by atoms with van der Waals surface area (Å²) in [4.78, 5) is 31.6. The Kier molecular flexibility index (Phi) is 7.39. The number of hydrogen-bond acceptors (Lipinski definition) is 5. The van der Waals surface area contributed by atoms with Gasteiger partial charge in [-0.1, -0.05) is 27.2 Å². The van der Waals surface area contributed by atoms with Gasteiger partial charge in [-0.3, -0.25) is 19.4 Å². The minimum atomic E-state index is -0.426. The largest absolute Gasteiger partial charge is 0.456 e. The lowest BCUT2D eigenvalue weighted by atomic mass is 9.91. The van der Waals surface area contributed by atoms with Crippen LogP contribution >= 0.6 is 12.2 Å². The minimum Gasteiger partial charge on any atom is -0.456 e. The molecular weight excluding hydrogens is 422 g/mol. The second-order valence-electron chi connectivity index (χ2n) is 8.41. The van der Waals surface area contributed by atoms with E-state index in [1.165, 1.54) is 9.80 Å². The highest BCUT2D eigenvalue weighted by molar-refractivity contribution is 7.80. The summed E-state index contributed by atoms with van der Waals surface area (Å²) in [6, 6.07) is 6.16. The van der Waals surface area contributed by atoms with Gasteiger partial charge in [0.25, 0.3) is 11.8 Å². The predicted molar refractivity (Wildman–Crippen MR) is 132 cm³/mol. The monoisotopic (exact) mass is 455 g/mol.